The van der Waals surface area contributed by atoms with Crippen molar-refractivity contribution in [3.63, 3.8) is 0 Å². The zero-order valence-electron chi connectivity index (χ0n) is 8.99. The van der Waals surface area contributed by atoms with Crippen molar-refractivity contribution < 1.29 is 0 Å². The molecule has 0 spiro atoms. The van der Waals surface area contributed by atoms with E-state index >= 15 is 0 Å². The Balaban J connectivity index is 2.18. The quantitative estimate of drug-likeness (QED) is 0.868. The van der Waals surface area contributed by atoms with E-state index in [-0.39, 0.29) is 0 Å². The lowest BCUT2D eigenvalue weighted by Gasteiger charge is -2.13. The zero-order chi connectivity index (χ0) is 11.1. The van der Waals surface area contributed by atoms with Crippen LogP contribution in [0.3, 0.4) is 0 Å². The van der Waals surface area contributed by atoms with Crippen LogP contribution in [-0.4, -0.2) is 9.55 Å². The Morgan fingerprint density at radius 1 is 1.31 bits per heavy atom. The molecule has 0 unspecified atom stereocenters. The highest BCUT2D eigenvalue weighted by atomic mass is 79.9. The summed E-state index contributed by atoms with van der Waals surface area (Å²) >= 11 is 3.46. The number of aromatic nitrogens is 2. The van der Waals surface area contributed by atoms with Gasteiger partial charge in [0.2, 0.25) is 5.95 Å². The molecule has 3 rings (SSSR count). The lowest BCUT2D eigenvalue weighted by atomic mass is 10.2. The second kappa shape index (κ2) is 3.77. The molecule has 1 aromatic heterocycles. The van der Waals surface area contributed by atoms with Crippen molar-refractivity contribution in [2.75, 3.05) is 5.73 Å². The predicted octanol–water partition coefficient (Wildman–Crippen LogP) is 3.50. The van der Waals surface area contributed by atoms with Crippen LogP contribution < -0.4 is 5.73 Å². The maximum Gasteiger partial charge on any atom is 0.201 e. The van der Waals surface area contributed by atoms with E-state index < -0.39 is 0 Å². The Morgan fingerprint density at radius 3 is 2.81 bits per heavy atom. The molecule has 16 heavy (non-hydrogen) atoms. The van der Waals surface area contributed by atoms with Crippen molar-refractivity contribution >= 4 is 32.9 Å². The van der Waals surface area contributed by atoms with Gasteiger partial charge in [-0.15, -0.1) is 0 Å². The van der Waals surface area contributed by atoms with Gasteiger partial charge in [0.1, 0.15) is 0 Å². The highest BCUT2D eigenvalue weighted by Gasteiger charge is 2.21. The van der Waals surface area contributed by atoms with Crippen molar-refractivity contribution in [3.8, 4) is 0 Å². The summed E-state index contributed by atoms with van der Waals surface area (Å²) in [6.45, 7) is 0. The fourth-order valence-corrected chi connectivity index (χ4v) is 2.99. The molecular formula is C12H14BrN3. The third-order valence-electron chi connectivity index (χ3n) is 3.37. The van der Waals surface area contributed by atoms with E-state index in [0.29, 0.717) is 12.0 Å². The lowest BCUT2D eigenvalue weighted by molar-refractivity contribution is 0.539. The van der Waals surface area contributed by atoms with Gasteiger partial charge in [0.25, 0.3) is 0 Å². The first-order valence-corrected chi connectivity index (χ1v) is 6.48. The van der Waals surface area contributed by atoms with Gasteiger partial charge in [0.15, 0.2) is 0 Å². The van der Waals surface area contributed by atoms with E-state index in [2.05, 4.69) is 37.6 Å². The summed E-state index contributed by atoms with van der Waals surface area (Å²) in [5.74, 6) is 0.653. The molecule has 0 radical (unpaired) electrons. The standard InChI is InChI=1S/C12H14BrN3/c13-8-5-6-11-10(7-8)15-12(14)16(11)9-3-1-2-4-9/h5-7,9H,1-4H2,(H2,14,15). The number of hydrogen-bond donors (Lipinski definition) is 1. The van der Waals surface area contributed by atoms with Crippen LogP contribution in [-0.2, 0) is 0 Å². The van der Waals surface area contributed by atoms with Gasteiger partial charge in [-0.1, -0.05) is 28.8 Å². The molecule has 4 heteroatoms. The van der Waals surface area contributed by atoms with E-state index in [1.165, 1.54) is 25.7 Å². The van der Waals surface area contributed by atoms with Gasteiger partial charge in [0.05, 0.1) is 11.0 Å². The molecule has 1 saturated carbocycles. The molecule has 0 atom stereocenters. The van der Waals surface area contributed by atoms with Crippen molar-refractivity contribution in [3.05, 3.63) is 22.7 Å². The molecular weight excluding hydrogens is 266 g/mol. The molecule has 2 aromatic rings. The first-order chi connectivity index (χ1) is 7.75. The van der Waals surface area contributed by atoms with Crippen LogP contribution in [0, 0.1) is 0 Å². The third kappa shape index (κ3) is 1.52. The summed E-state index contributed by atoms with van der Waals surface area (Å²) in [5, 5.41) is 0. The fourth-order valence-electron chi connectivity index (χ4n) is 2.64. The largest absolute Gasteiger partial charge is 0.369 e. The minimum Gasteiger partial charge on any atom is -0.369 e. The van der Waals surface area contributed by atoms with Crippen LogP contribution in [0.1, 0.15) is 31.7 Å². The third-order valence-corrected chi connectivity index (χ3v) is 3.86. The van der Waals surface area contributed by atoms with Gasteiger partial charge in [-0.05, 0) is 31.0 Å². The monoisotopic (exact) mass is 279 g/mol. The average molecular weight is 280 g/mol. The Labute approximate surface area is 103 Å². The minimum atomic E-state index is 0.547. The van der Waals surface area contributed by atoms with Crippen LogP contribution in [0.25, 0.3) is 11.0 Å². The number of fused-ring (bicyclic) bond motifs is 1. The van der Waals surface area contributed by atoms with E-state index in [1.54, 1.807) is 0 Å². The number of rotatable bonds is 1. The highest BCUT2D eigenvalue weighted by Crippen LogP contribution is 2.34. The summed E-state index contributed by atoms with van der Waals surface area (Å²) in [6.07, 6.45) is 5.07. The Kier molecular flexibility index (Phi) is 2.39. The molecule has 1 heterocycles. The van der Waals surface area contributed by atoms with Gasteiger partial charge in [0, 0.05) is 10.5 Å². The molecule has 3 nitrogen and oxygen atoms in total. The van der Waals surface area contributed by atoms with Crippen LogP contribution in [0.5, 0.6) is 0 Å². The Bertz CT molecular complexity index is 526. The van der Waals surface area contributed by atoms with Crippen molar-refractivity contribution in [1.29, 1.82) is 0 Å². The number of nitrogens with zero attached hydrogens (tertiary/aromatic N) is 2. The minimum absolute atomic E-state index is 0.547. The summed E-state index contributed by atoms with van der Waals surface area (Å²) < 4.78 is 3.26. The summed E-state index contributed by atoms with van der Waals surface area (Å²) in [6, 6.07) is 6.72. The molecule has 0 amide bonds. The maximum absolute atomic E-state index is 6.02. The number of nitrogens with two attached hydrogens (primary N) is 1. The SMILES string of the molecule is Nc1nc2cc(Br)ccc2n1C1CCCC1. The number of imidazole rings is 1. The number of hydrogen-bond acceptors (Lipinski definition) is 2. The first kappa shape index (κ1) is 10.1. The summed E-state index contributed by atoms with van der Waals surface area (Å²) in [7, 11) is 0. The van der Waals surface area contributed by atoms with Gasteiger partial charge in [-0.3, -0.25) is 0 Å². The lowest BCUT2D eigenvalue weighted by Crippen LogP contribution is -2.08. The van der Waals surface area contributed by atoms with Gasteiger partial charge >= 0.3 is 0 Å². The second-order valence-corrected chi connectivity index (χ2v) is 5.33. The van der Waals surface area contributed by atoms with E-state index in [4.69, 9.17) is 5.73 Å². The topological polar surface area (TPSA) is 43.8 Å². The fraction of sp³-hybridized carbons (Fsp3) is 0.417. The summed E-state index contributed by atoms with van der Waals surface area (Å²) in [4.78, 5) is 4.43. The molecule has 1 aliphatic carbocycles. The highest BCUT2D eigenvalue weighted by molar-refractivity contribution is 9.10. The number of anilines is 1. The van der Waals surface area contributed by atoms with Crippen LogP contribution in [0.2, 0.25) is 0 Å². The molecule has 0 bridgehead atoms. The zero-order valence-corrected chi connectivity index (χ0v) is 10.6. The van der Waals surface area contributed by atoms with Crippen LogP contribution in [0.15, 0.2) is 22.7 Å². The second-order valence-electron chi connectivity index (χ2n) is 4.41. The van der Waals surface area contributed by atoms with E-state index in [0.717, 1.165) is 15.5 Å². The molecule has 0 saturated heterocycles. The van der Waals surface area contributed by atoms with Gasteiger partial charge in [-0.25, -0.2) is 4.98 Å². The number of halogens is 1. The Morgan fingerprint density at radius 2 is 2.06 bits per heavy atom. The van der Waals surface area contributed by atoms with E-state index in [9.17, 15) is 0 Å². The van der Waals surface area contributed by atoms with Crippen molar-refractivity contribution in [2.24, 2.45) is 0 Å². The van der Waals surface area contributed by atoms with E-state index in [1.807, 2.05) is 6.07 Å². The molecule has 84 valence electrons. The maximum atomic E-state index is 6.02. The molecule has 1 aromatic carbocycles. The van der Waals surface area contributed by atoms with Gasteiger partial charge in [-0.2, -0.15) is 0 Å². The Hall–Kier alpha value is -1.03. The number of benzene rings is 1. The van der Waals surface area contributed by atoms with Gasteiger partial charge < -0.3 is 10.3 Å². The normalized spacial score (nSPS) is 17.3. The number of nitrogen functional groups attached to an aromatic ring is 1. The predicted molar refractivity (Wildman–Crippen MR) is 69.4 cm³/mol. The van der Waals surface area contributed by atoms with Crippen LogP contribution >= 0.6 is 15.9 Å². The average Bonchev–Trinajstić information content (AvgIpc) is 2.83. The first-order valence-electron chi connectivity index (χ1n) is 5.68. The molecule has 2 N–H and O–H groups in total. The molecule has 1 fully saturated rings. The smallest absolute Gasteiger partial charge is 0.201 e. The summed E-state index contributed by atoms with van der Waals surface area (Å²) in [5.41, 5.74) is 8.16. The van der Waals surface area contributed by atoms with Crippen LogP contribution in [0.4, 0.5) is 5.95 Å². The molecule has 0 aliphatic heterocycles. The molecule has 1 aliphatic rings. The van der Waals surface area contributed by atoms with Crippen molar-refractivity contribution in [1.82, 2.24) is 9.55 Å². The van der Waals surface area contributed by atoms with Crippen molar-refractivity contribution in [2.45, 2.75) is 31.7 Å².